The van der Waals surface area contributed by atoms with Gasteiger partial charge in [0.05, 0.1) is 42.7 Å². The number of methoxy groups -OCH3 is 2. The minimum atomic E-state index is -0.863. The average molecular weight is 646 g/mol. The molecule has 1 atom stereocenters. The van der Waals surface area contributed by atoms with Gasteiger partial charge in [-0.1, -0.05) is 46.3 Å². The van der Waals surface area contributed by atoms with E-state index in [1.54, 1.807) is 32.2 Å². The van der Waals surface area contributed by atoms with Crippen molar-refractivity contribution >= 4 is 39.3 Å². The number of hydrogen-bond acceptors (Lipinski definition) is 9. The van der Waals surface area contributed by atoms with Gasteiger partial charge in [-0.05, 0) is 50.6 Å². The van der Waals surface area contributed by atoms with Crippen molar-refractivity contribution in [1.82, 2.24) is 4.57 Å². The molecule has 11 heteroatoms. The van der Waals surface area contributed by atoms with Gasteiger partial charge in [-0.3, -0.25) is 9.36 Å². The number of allylic oxidation sites excluding steroid dienone is 1. The number of benzene rings is 2. The highest BCUT2D eigenvalue weighted by Crippen LogP contribution is 2.40. The summed E-state index contributed by atoms with van der Waals surface area (Å²) in [6.07, 6.45) is 2.64. The number of hydrogen-bond donors (Lipinski definition) is 0. The number of rotatable bonds is 12. The number of halogens is 1. The molecule has 4 rings (SSSR count). The molecule has 2 aromatic carbocycles. The zero-order valence-corrected chi connectivity index (χ0v) is 26.1. The van der Waals surface area contributed by atoms with Crippen LogP contribution in [0.25, 0.3) is 6.08 Å². The number of thiazole rings is 1. The van der Waals surface area contributed by atoms with Crippen molar-refractivity contribution in [3.63, 3.8) is 0 Å². The van der Waals surface area contributed by atoms with Crippen LogP contribution in [0.5, 0.6) is 17.2 Å². The second-order valence-corrected chi connectivity index (χ2v) is 11.0. The van der Waals surface area contributed by atoms with E-state index >= 15 is 0 Å². The van der Waals surface area contributed by atoms with E-state index in [4.69, 9.17) is 23.7 Å². The molecule has 0 saturated heterocycles. The number of carbonyl (C=O) groups excluding carboxylic acids is 1. The highest BCUT2D eigenvalue weighted by Gasteiger charge is 2.36. The maximum absolute atomic E-state index is 14.1. The molecule has 0 radical (unpaired) electrons. The van der Waals surface area contributed by atoms with E-state index in [1.807, 2.05) is 38.1 Å². The molecule has 0 fully saturated rings. The van der Waals surface area contributed by atoms with Gasteiger partial charge >= 0.3 is 5.97 Å². The summed E-state index contributed by atoms with van der Waals surface area (Å²) in [6, 6.07) is 10.2. The molecule has 1 aliphatic rings. The summed E-state index contributed by atoms with van der Waals surface area (Å²) in [4.78, 5) is 32.7. The molecule has 0 unspecified atom stereocenters. The van der Waals surface area contributed by atoms with Gasteiger partial charge in [-0.25, -0.2) is 9.79 Å². The molecule has 3 aromatic rings. The highest BCUT2D eigenvalue weighted by molar-refractivity contribution is 9.10. The number of nitrogens with zero attached hydrogens (tertiary/aromatic N) is 2. The van der Waals surface area contributed by atoms with Crippen LogP contribution in [0, 0.1) is 0 Å². The topological polar surface area (TPSA) is 97.6 Å². The standard InChI is InChI=1S/C30H33BrN2O7S/c1-6-13-39-22-12-11-20(31)16-19(22)17-24-28(34)33-26(21-9-8-10-23(37-5)27(21)38-7-2)25(18(3)32-30(33)41-24)29(35)40-15-14-36-4/h8-12,16-17,26H,6-7,13-15H2,1-5H3/b24-17+/t26-/m1/s1. The lowest BCUT2D eigenvalue weighted by Crippen LogP contribution is -2.40. The Morgan fingerprint density at radius 3 is 2.61 bits per heavy atom. The Hall–Kier alpha value is -3.41. The Kier molecular flexibility index (Phi) is 10.4. The third-order valence-corrected chi connectivity index (χ3v) is 7.77. The number of aromatic nitrogens is 1. The number of fused-ring (bicyclic) bond motifs is 1. The Morgan fingerprint density at radius 2 is 1.90 bits per heavy atom. The molecule has 0 spiro atoms. The van der Waals surface area contributed by atoms with Crippen molar-refractivity contribution in [3.05, 3.63) is 83.0 Å². The molecule has 0 N–H and O–H groups in total. The first-order valence-corrected chi connectivity index (χ1v) is 14.9. The van der Waals surface area contributed by atoms with Gasteiger partial charge < -0.3 is 23.7 Å². The minimum Gasteiger partial charge on any atom is -0.493 e. The molecular weight excluding hydrogens is 612 g/mol. The van der Waals surface area contributed by atoms with Gasteiger partial charge in [0, 0.05) is 22.7 Å². The maximum Gasteiger partial charge on any atom is 0.338 e. The summed E-state index contributed by atoms with van der Waals surface area (Å²) in [6.45, 7) is 6.83. The van der Waals surface area contributed by atoms with Crippen LogP contribution >= 0.6 is 27.3 Å². The first-order chi connectivity index (χ1) is 19.8. The van der Waals surface area contributed by atoms with Crippen LogP contribution in [0.2, 0.25) is 0 Å². The molecule has 9 nitrogen and oxygen atoms in total. The molecule has 2 heterocycles. The van der Waals surface area contributed by atoms with Gasteiger partial charge in [-0.2, -0.15) is 0 Å². The van der Waals surface area contributed by atoms with E-state index in [0.29, 0.717) is 51.1 Å². The number of carbonyl (C=O) groups is 1. The van der Waals surface area contributed by atoms with Crippen molar-refractivity contribution in [2.45, 2.75) is 33.2 Å². The molecule has 0 saturated carbocycles. The first kappa shape index (κ1) is 30.5. The summed E-state index contributed by atoms with van der Waals surface area (Å²) >= 11 is 4.76. The second kappa shape index (κ2) is 14.0. The lowest BCUT2D eigenvalue weighted by Gasteiger charge is -2.27. The van der Waals surface area contributed by atoms with Crippen LogP contribution in [0.4, 0.5) is 0 Å². The van der Waals surface area contributed by atoms with Gasteiger partial charge in [-0.15, -0.1) is 0 Å². The molecule has 0 aliphatic carbocycles. The maximum atomic E-state index is 14.1. The zero-order valence-electron chi connectivity index (χ0n) is 23.7. The minimum absolute atomic E-state index is 0.0586. The van der Waals surface area contributed by atoms with E-state index < -0.39 is 12.0 Å². The Balaban J connectivity index is 1.96. The monoisotopic (exact) mass is 644 g/mol. The van der Waals surface area contributed by atoms with Gasteiger partial charge in [0.1, 0.15) is 18.4 Å². The van der Waals surface area contributed by atoms with E-state index in [2.05, 4.69) is 20.9 Å². The van der Waals surface area contributed by atoms with Crippen molar-refractivity contribution in [3.8, 4) is 17.2 Å². The molecule has 218 valence electrons. The number of esters is 1. The summed E-state index contributed by atoms with van der Waals surface area (Å²) in [5, 5.41) is 0. The van der Waals surface area contributed by atoms with Crippen LogP contribution in [0.15, 0.2) is 61.9 Å². The third kappa shape index (κ3) is 6.58. The summed E-state index contributed by atoms with van der Waals surface area (Å²) in [5.74, 6) is 1.01. The quantitative estimate of drug-likeness (QED) is 0.213. The fourth-order valence-electron chi connectivity index (χ4n) is 4.50. The van der Waals surface area contributed by atoms with E-state index in [-0.39, 0.29) is 24.3 Å². The lowest BCUT2D eigenvalue weighted by molar-refractivity contribution is -0.140. The molecule has 1 aliphatic heterocycles. The summed E-state index contributed by atoms with van der Waals surface area (Å²) in [7, 11) is 3.07. The lowest BCUT2D eigenvalue weighted by atomic mass is 9.94. The predicted octanol–water partition coefficient (Wildman–Crippen LogP) is 4.38. The van der Waals surface area contributed by atoms with Crippen LogP contribution in [-0.2, 0) is 14.3 Å². The zero-order chi connectivity index (χ0) is 29.5. The average Bonchev–Trinajstić information content (AvgIpc) is 3.26. The highest BCUT2D eigenvalue weighted by atomic mass is 79.9. The number of para-hydroxylation sites is 1. The van der Waals surface area contributed by atoms with Crippen LogP contribution in [0.1, 0.15) is 44.4 Å². The molecule has 41 heavy (non-hydrogen) atoms. The molecular formula is C30H33BrN2O7S. The fourth-order valence-corrected chi connectivity index (χ4v) is 5.91. The van der Waals surface area contributed by atoms with Crippen molar-refractivity contribution < 1.29 is 28.5 Å². The van der Waals surface area contributed by atoms with Crippen molar-refractivity contribution in [1.29, 1.82) is 0 Å². The Bertz CT molecular complexity index is 1630. The normalized spacial score (nSPS) is 14.9. The van der Waals surface area contributed by atoms with E-state index in [9.17, 15) is 9.59 Å². The number of ether oxygens (including phenoxy) is 5. The smallest absolute Gasteiger partial charge is 0.338 e. The largest absolute Gasteiger partial charge is 0.493 e. The summed E-state index contributed by atoms with van der Waals surface area (Å²) < 4.78 is 30.9. The molecule has 0 bridgehead atoms. The Labute approximate surface area is 250 Å². The Morgan fingerprint density at radius 1 is 1.10 bits per heavy atom. The van der Waals surface area contributed by atoms with Gasteiger partial charge in [0.25, 0.3) is 5.56 Å². The third-order valence-electron chi connectivity index (χ3n) is 6.29. The fraction of sp³-hybridized carbons (Fsp3) is 0.367. The summed E-state index contributed by atoms with van der Waals surface area (Å²) in [5.41, 5.74) is 1.72. The van der Waals surface area contributed by atoms with Gasteiger partial charge in [0.15, 0.2) is 16.3 Å². The first-order valence-electron chi connectivity index (χ1n) is 13.2. The van der Waals surface area contributed by atoms with Crippen LogP contribution in [-0.4, -0.2) is 51.2 Å². The van der Waals surface area contributed by atoms with Gasteiger partial charge in [0.2, 0.25) is 0 Å². The van der Waals surface area contributed by atoms with Crippen molar-refractivity contribution in [2.75, 3.05) is 40.6 Å². The predicted molar refractivity (Wildman–Crippen MR) is 161 cm³/mol. The van der Waals surface area contributed by atoms with E-state index in [1.165, 1.54) is 23.0 Å². The second-order valence-electron chi connectivity index (χ2n) is 9.05. The van der Waals surface area contributed by atoms with E-state index in [0.717, 1.165) is 16.5 Å². The van der Waals surface area contributed by atoms with Crippen molar-refractivity contribution in [2.24, 2.45) is 4.99 Å². The molecule has 1 aromatic heterocycles. The SMILES string of the molecule is CCCOc1ccc(Br)cc1/C=c1/sc2n(c1=O)[C@H](c1cccc(OC)c1OCC)C(C(=O)OCCOC)=C(C)N=2. The molecule has 0 amide bonds. The van der Waals surface area contributed by atoms with Crippen LogP contribution in [0.3, 0.4) is 0 Å². The van der Waals surface area contributed by atoms with Crippen LogP contribution < -0.4 is 29.1 Å².